The van der Waals surface area contributed by atoms with E-state index in [1.807, 2.05) is 11.8 Å². The first-order valence-electron chi connectivity index (χ1n) is 9.39. The van der Waals surface area contributed by atoms with E-state index in [0.717, 1.165) is 38.9 Å². The molecule has 1 saturated carbocycles. The molecule has 2 fully saturated rings. The number of aliphatic hydroxyl groups excluding tert-OH is 1. The fourth-order valence-corrected chi connectivity index (χ4v) is 4.27. The Labute approximate surface area is 165 Å². The number of carbonyl (C=O) groups is 1. The second-order valence-electron chi connectivity index (χ2n) is 7.69. The molecule has 1 aliphatic carbocycles. The molecular formula is C18H37Cl2N3O2. The van der Waals surface area contributed by atoms with Gasteiger partial charge in [-0.05, 0) is 38.1 Å². The van der Waals surface area contributed by atoms with E-state index >= 15 is 0 Å². The Morgan fingerprint density at radius 3 is 2.40 bits per heavy atom. The Morgan fingerprint density at radius 2 is 1.88 bits per heavy atom. The second kappa shape index (κ2) is 11.6. The molecule has 0 spiro atoms. The highest BCUT2D eigenvalue weighted by Gasteiger charge is 2.36. The van der Waals surface area contributed by atoms with Gasteiger partial charge in [0.1, 0.15) is 0 Å². The van der Waals surface area contributed by atoms with Gasteiger partial charge in [0.15, 0.2) is 0 Å². The van der Waals surface area contributed by atoms with E-state index in [-0.39, 0.29) is 42.2 Å². The van der Waals surface area contributed by atoms with E-state index in [2.05, 4.69) is 11.8 Å². The molecule has 0 aromatic rings. The minimum Gasteiger partial charge on any atom is -0.392 e. The number of carbonyl (C=O) groups excluding carboxylic acids is 1. The predicted molar refractivity (Wildman–Crippen MR) is 108 cm³/mol. The Bertz CT molecular complexity index is 391. The van der Waals surface area contributed by atoms with E-state index in [0.29, 0.717) is 25.6 Å². The number of rotatable bonds is 6. The summed E-state index contributed by atoms with van der Waals surface area (Å²) >= 11 is 0. The van der Waals surface area contributed by atoms with Gasteiger partial charge in [-0.25, -0.2) is 0 Å². The highest BCUT2D eigenvalue weighted by atomic mass is 35.5. The van der Waals surface area contributed by atoms with Crippen LogP contribution in [0.4, 0.5) is 0 Å². The molecule has 1 heterocycles. The Balaban J connectivity index is 0.00000288. The van der Waals surface area contributed by atoms with Gasteiger partial charge in [-0.3, -0.25) is 9.69 Å². The third-order valence-corrected chi connectivity index (χ3v) is 5.80. The molecule has 0 aromatic heterocycles. The maximum absolute atomic E-state index is 12.8. The van der Waals surface area contributed by atoms with Crippen LogP contribution in [-0.4, -0.2) is 65.7 Å². The molecule has 7 heteroatoms. The highest BCUT2D eigenvalue weighted by molar-refractivity contribution is 5.85. The topological polar surface area (TPSA) is 69.8 Å². The van der Waals surface area contributed by atoms with Gasteiger partial charge in [0.05, 0.1) is 6.10 Å². The first-order chi connectivity index (χ1) is 11.0. The smallest absolute Gasteiger partial charge is 0.223 e. The second-order valence-corrected chi connectivity index (χ2v) is 7.69. The summed E-state index contributed by atoms with van der Waals surface area (Å²) in [5.41, 5.74) is 6.09. The molecule has 25 heavy (non-hydrogen) atoms. The van der Waals surface area contributed by atoms with Crippen LogP contribution in [0, 0.1) is 5.41 Å². The van der Waals surface area contributed by atoms with E-state index in [1.165, 1.54) is 19.3 Å². The van der Waals surface area contributed by atoms with Gasteiger partial charge in [0.2, 0.25) is 5.91 Å². The lowest BCUT2D eigenvalue weighted by Gasteiger charge is -2.43. The lowest BCUT2D eigenvalue weighted by atomic mass is 9.71. The molecule has 2 aliphatic rings. The van der Waals surface area contributed by atoms with Crippen LogP contribution >= 0.6 is 24.8 Å². The summed E-state index contributed by atoms with van der Waals surface area (Å²) in [6.07, 6.45) is 7.24. The SMILES string of the molecule is CCC1CN(C(=O)CC2(CN)CCCCC2)CCN1CC(C)O.Cl.Cl. The minimum absolute atomic E-state index is 0. The molecule has 1 aliphatic heterocycles. The summed E-state index contributed by atoms with van der Waals surface area (Å²) in [4.78, 5) is 17.2. The molecule has 0 radical (unpaired) electrons. The monoisotopic (exact) mass is 397 g/mol. The molecule has 2 rings (SSSR count). The van der Waals surface area contributed by atoms with Gasteiger partial charge in [0, 0.05) is 38.6 Å². The summed E-state index contributed by atoms with van der Waals surface area (Å²) in [5, 5.41) is 9.64. The average molecular weight is 398 g/mol. The minimum atomic E-state index is -0.311. The molecule has 0 aromatic carbocycles. The van der Waals surface area contributed by atoms with Gasteiger partial charge in [-0.2, -0.15) is 0 Å². The molecule has 1 saturated heterocycles. The Morgan fingerprint density at radius 1 is 1.24 bits per heavy atom. The molecule has 5 nitrogen and oxygen atoms in total. The van der Waals surface area contributed by atoms with Gasteiger partial charge in [-0.15, -0.1) is 24.8 Å². The fraction of sp³-hybridized carbons (Fsp3) is 0.944. The molecule has 2 unspecified atom stereocenters. The van der Waals surface area contributed by atoms with Crippen LogP contribution in [0.1, 0.15) is 58.8 Å². The van der Waals surface area contributed by atoms with Crippen molar-refractivity contribution in [2.45, 2.75) is 70.9 Å². The van der Waals surface area contributed by atoms with E-state index in [1.54, 1.807) is 0 Å². The summed E-state index contributed by atoms with van der Waals surface area (Å²) in [5.74, 6) is 0.285. The lowest BCUT2D eigenvalue weighted by molar-refractivity contribution is -0.137. The van der Waals surface area contributed by atoms with Gasteiger partial charge in [-0.1, -0.05) is 26.2 Å². The number of halogens is 2. The number of hydrogen-bond acceptors (Lipinski definition) is 4. The van der Waals surface area contributed by atoms with Crippen molar-refractivity contribution in [2.75, 3.05) is 32.7 Å². The highest BCUT2D eigenvalue weighted by Crippen LogP contribution is 2.39. The fourth-order valence-electron chi connectivity index (χ4n) is 4.27. The van der Waals surface area contributed by atoms with Crippen molar-refractivity contribution in [1.82, 2.24) is 9.80 Å². The molecule has 0 bridgehead atoms. The van der Waals surface area contributed by atoms with Crippen molar-refractivity contribution >= 4 is 30.7 Å². The predicted octanol–water partition coefficient (Wildman–Crippen LogP) is 2.43. The number of nitrogens with zero attached hydrogens (tertiary/aromatic N) is 2. The normalized spacial score (nSPS) is 24.8. The largest absolute Gasteiger partial charge is 0.392 e. The van der Waals surface area contributed by atoms with E-state index < -0.39 is 0 Å². The number of amides is 1. The summed E-state index contributed by atoms with van der Waals surface area (Å²) in [7, 11) is 0. The van der Waals surface area contributed by atoms with Crippen molar-refractivity contribution in [3.8, 4) is 0 Å². The standard InChI is InChI=1S/C18H35N3O2.2ClH/c1-3-16-13-21(10-9-20(16)12-15(2)22)17(23)11-18(14-19)7-5-4-6-8-18;;/h15-16,22H,3-14,19H2,1-2H3;2*1H. The molecule has 150 valence electrons. The zero-order chi connectivity index (χ0) is 16.9. The first kappa shape index (κ1) is 24.9. The number of piperazine rings is 1. The summed E-state index contributed by atoms with van der Waals surface area (Å²) in [6.45, 7) is 7.77. The third kappa shape index (κ3) is 6.87. The lowest BCUT2D eigenvalue weighted by Crippen LogP contribution is -2.56. The number of nitrogens with two attached hydrogens (primary N) is 1. The van der Waals surface area contributed by atoms with Crippen LogP contribution in [0.25, 0.3) is 0 Å². The van der Waals surface area contributed by atoms with Crippen molar-refractivity contribution in [1.29, 1.82) is 0 Å². The summed E-state index contributed by atoms with van der Waals surface area (Å²) < 4.78 is 0. The van der Waals surface area contributed by atoms with Crippen LogP contribution in [0.2, 0.25) is 0 Å². The molecular weight excluding hydrogens is 361 g/mol. The van der Waals surface area contributed by atoms with Crippen molar-refractivity contribution in [3.63, 3.8) is 0 Å². The Kier molecular flexibility index (Phi) is 11.6. The van der Waals surface area contributed by atoms with Crippen molar-refractivity contribution in [3.05, 3.63) is 0 Å². The first-order valence-corrected chi connectivity index (χ1v) is 9.39. The van der Waals surface area contributed by atoms with E-state index in [4.69, 9.17) is 5.73 Å². The molecule has 2 atom stereocenters. The maximum Gasteiger partial charge on any atom is 0.223 e. The zero-order valence-corrected chi connectivity index (χ0v) is 17.4. The summed E-state index contributed by atoms with van der Waals surface area (Å²) in [6, 6.07) is 0.363. The number of aliphatic hydroxyl groups is 1. The maximum atomic E-state index is 12.8. The van der Waals surface area contributed by atoms with Crippen molar-refractivity contribution in [2.24, 2.45) is 11.1 Å². The van der Waals surface area contributed by atoms with Gasteiger partial charge >= 0.3 is 0 Å². The quantitative estimate of drug-likeness (QED) is 0.721. The van der Waals surface area contributed by atoms with Crippen LogP contribution in [0.3, 0.4) is 0 Å². The average Bonchev–Trinajstić information content (AvgIpc) is 2.55. The zero-order valence-electron chi connectivity index (χ0n) is 15.8. The van der Waals surface area contributed by atoms with Crippen LogP contribution in [-0.2, 0) is 4.79 Å². The third-order valence-electron chi connectivity index (χ3n) is 5.80. The van der Waals surface area contributed by atoms with Crippen LogP contribution in [0.15, 0.2) is 0 Å². The molecule has 3 N–H and O–H groups in total. The van der Waals surface area contributed by atoms with Crippen LogP contribution in [0.5, 0.6) is 0 Å². The van der Waals surface area contributed by atoms with Crippen molar-refractivity contribution < 1.29 is 9.90 Å². The van der Waals surface area contributed by atoms with Gasteiger partial charge < -0.3 is 15.7 Å². The number of hydrogen-bond donors (Lipinski definition) is 2. The number of β-amino-alcohol motifs (C(OH)–C–C–N with tert-alkyl or cyclic N) is 1. The van der Waals surface area contributed by atoms with E-state index in [9.17, 15) is 9.90 Å². The Hall–Kier alpha value is -0.0700. The van der Waals surface area contributed by atoms with Crippen LogP contribution < -0.4 is 5.73 Å². The van der Waals surface area contributed by atoms with Gasteiger partial charge in [0.25, 0.3) is 0 Å². The molecule has 1 amide bonds.